The Morgan fingerprint density at radius 3 is 1.06 bits per heavy atom. The minimum absolute atomic E-state index is 0. The third-order valence-electron chi connectivity index (χ3n) is 5.56. The fraction of sp³-hybridized carbons (Fsp3) is 0.741. The molecule has 0 fully saturated rings. The van der Waals surface area contributed by atoms with Gasteiger partial charge in [0.1, 0.15) is 0 Å². The van der Waals surface area contributed by atoms with Crippen molar-refractivity contribution >= 4 is 25.5 Å². The topological polar surface area (TPSA) is 0 Å². The SMILES string of the molecule is Cc1cc(C)c(CP(C(C)(C)C)C(C)(C)C)[c-]c1CP(C(C)(C)C)C(C)(C)C.[CH3-].[Cl][Rh+2]. The van der Waals surface area contributed by atoms with Gasteiger partial charge in [-0.2, -0.15) is 34.4 Å². The van der Waals surface area contributed by atoms with Gasteiger partial charge in [0.05, 0.1) is 0 Å². The van der Waals surface area contributed by atoms with Crippen molar-refractivity contribution in [2.45, 2.75) is 130 Å². The summed E-state index contributed by atoms with van der Waals surface area (Å²) in [5.41, 5.74) is 5.79. The molecule has 31 heavy (non-hydrogen) atoms. The Kier molecular flexibility index (Phi) is 13.9. The molecule has 0 bridgehead atoms. The summed E-state index contributed by atoms with van der Waals surface area (Å²) in [7, 11) is 4.23. The van der Waals surface area contributed by atoms with Crippen LogP contribution in [0.5, 0.6) is 0 Å². The van der Waals surface area contributed by atoms with Gasteiger partial charge in [-0.15, -0.1) is 0 Å². The molecular weight excluding hydrogens is 525 g/mol. The number of aryl methyl sites for hydroxylation is 2. The molecule has 184 valence electrons. The van der Waals surface area contributed by atoms with Gasteiger partial charge >= 0.3 is 27.0 Å². The van der Waals surface area contributed by atoms with E-state index in [0.29, 0.717) is 20.6 Å². The Labute approximate surface area is 213 Å². The van der Waals surface area contributed by atoms with Gasteiger partial charge in [0, 0.05) is 0 Å². The van der Waals surface area contributed by atoms with Crippen molar-refractivity contribution in [2.75, 3.05) is 0 Å². The Morgan fingerprint density at radius 2 is 0.871 bits per heavy atom. The van der Waals surface area contributed by atoms with E-state index in [2.05, 4.69) is 119 Å². The number of rotatable bonds is 4. The van der Waals surface area contributed by atoms with E-state index in [0.717, 1.165) is 0 Å². The number of hydrogen-bond acceptors (Lipinski definition) is 0. The summed E-state index contributed by atoms with van der Waals surface area (Å²) in [6.45, 7) is 33.7. The maximum atomic E-state index is 4.53. The zero-order chi connectivity index (χ0) is 24.3. The number of halogens is 1. The summed E-state index contributed by atoms with van der Waals surface area (Å²) in [6, 6.07) is 6.39. The van der Waals surface area contributed by atoms with E-state index in [4.69, 9.17) is 0 Å². The van der Waals surface area contributed by atoms with Crippen LogP contribution in [0, 0.1) is 27.3 Å². The van der Waals surface area contributed by atoms with Crippen LogP contribution in [0.1, 0.15) is 105 Å². The minimum atomic E-state index is -0.149. The summed E-state index contributed by atoms with van der Waals surface area (Å²) in [6.07, 6.45) is 2.37. The van der Waals surface area contributed by atoms with Crippen molar-refractivity contribution in [3.05, 3.63) is 41.8 Å². The van der Waals surface area contributed by atoms with E-state index in [1.54, 1.807) is 0 Å². The van der Waals surface area contributed by atoms with Gasteiger partial charge in [0.15, 0.2) is 0 Å². The average molecular weight is 575 g/mol. The Bertz CT molecular complexity index is 587. The molecule has 0 spiro atoms. The molecule has 0 unspecified atom stereocenters. The fourth-order valence-electron chi connectivity index (χ4n) is 4.48. The van der Waals surface area contributed by atoms with E-state index in [1.165, 1.54) is 34.6 Å². The molecule has 1 rings (SSSR count). The Hall–Kier alpha value is 0.993. The van der Waals surface area contributed by atoms with Crippen LogP contribution in [0.2, 0.25) is 0 Å². The summed E-state index contributed by atoms with van der Waals surface area (Å²) in [4.78, 5) is 0. The van der Waals surface area contributed by atoms with Crippen molar-refractivity contribution in [1.29, 1.82) is 0 Å². The van der Waals surface area contributed by atoms with E-state index >= 15 is 0 Å². The Morgan fingerprint density at radius 1 is 0.645 bits per heavy atom. The van der Waals surface area contributed by atoms with Gasteiger partial charge in [0.25, 0.3) is 0 Å². The van der Waals surface area contributed by atoms with Crippen LogP contribution >= 0.6 is 25.5 Å². The van der Waals surface area contributed by atoms with Crippen LogP contribution in [-0.4, -0.2) is 20.6 Å². The van der Waals surface area contributed by atoms with Gasteiger partial charge in [-0.3, -0.25) is 0 Å². The molecule has 0 aliphatic rings. The molecule has 0 heterocycles. The Balaban J connectivity index is 0. The standard InChI is InChI=1S/C26H47P2.CH3.ClH.Rh/c1-19-15-20(2)22(18-28(25(9,10)11)26(12,13)14)16-21(19)17-27(23(3,4)5)24(6,7)8;;;/h15H,17-18H2,1-14H3;1H3;1H;/q2*-1;;+3/p-1. The van der Waals surface area contributed by atoms with Gasteiger partial charge < -0.3 is 7.43 Å². The zero-order valence-corrected chi connectivity index (χ0v) is 27.3. The first kappa shape index (κ1) is 34.2. The second kappa shape index (κ2) is 12.6. The van der Waals surface area contributed by atoms with E-state index < -0.39 is 0 Å². The van der Waals surface area contributed by atoms with Crippen LogP contribution in [0.25, 0.3) is 0 Å². The predicted molar refractivity (Wildman–Crippen MR) is 147 cm³/mol. The maximum absolute atomic E-state index is 4.53. The van der Waals surface area contributed by atoms with Gasteiger partial charge in [-0.1, -0.05) is 113 Å². The van der Waals surface area contributed by atoms with Gasteiger partial charge in [-0.25, -0.2) is 0 Å². The molecule has 1 aromatic rings. The molecule has 0 atom stereocenters. The molecular formula is C27H50ClP2Rh. The third-order valence-corrected chi connectivity index (χ3v) is 13.3. The first-order chi connectivity index (χ1) is 13.2. The van der Waals surface area contributed by atoms with E-state index in [-0.39, 0.29) is 23.3 Å². The van der Waals surface area contributed by atoms with Crippen LogP contribution < -0.4 is 0 Å². The summed E-state index contributed by atoms with van der Waals surface area (Å²) in [5.74, 6) is 0. The fourth-order valence-corrected chi connectivity index (χ4v) is 11.7. The molecule has 0 aromatic heterocycles. The predicted octanol–water partition coefficient (Wildman–Crippen LogP) is 10.4. The normalized spacial score (nSPS) is 13.1. The number of benzene rings is 1. The molecule has 0 amide bonds. The zero-order valence-electron chi connectivity index (χ0n) is 23.1. The summed E-state index contributed by atoms with van der Waals surface area (Å²) < 4.78 is 0. The number of hydrogen-bond donors (Lipinski definition) is 0. The first-order valence-electron chi connectivity index (χ1n) is 10.9. The van der Waals surface area contributed by atoms with E-state index in [9.17, 15) is 0 Å². The first-order valence-corrected chi connectivity index (χ1v) is 16.1. The molecule has 0 saturated heterocycles. The monoisotopic (exact) mass is 574 g/mol. The van der Waals surface area contributed by atoms with Gasteiger partial charge in [0.2, 0.25) is 0 Å². The molecule has 4 heteroatoms. The molecule has 1 aromatic carbocycles. The molecule has 0 radical (unpaired) electrons. The molecule has 0 nitrogen and oxygen atoms in total. The van der Waals surface area contributed by atoms with Crippen molar-refractivity contribution in [2.24, 2.45) is 0 Å². The van der Waals surface area contributed by atoms with E-state index in [1.807, 2.05) is 17.3 Å². The van der Waals surface area contributed by atoms with Crippen molar-refractivity contribution < 1.29 is 17.3 Å². The van der Waals surface area contributed by atoms with Crippen LogP contribution in [0.15, 0.2) is 6.07 Å². The second-order valence-corrected chi connectivity index (χ2v) is 20.2. The van der Waals surface area contributed by atoms with Crippen LogP contribution in [-0.2, 0) is 29.6 Å². The van der Waals surface area contributed by atoms with Crippen LogP contribution in [0.3, 0.4) is 0 Å². The quantitative estimate of drug-likeness (QED) is 0.191. The van der Waals surface area contributed by atoms with Crippen molar-refractivity contribution in [3.8, 4) is 0 Å². The van der Waals surface area contributed by atoms with Crippen molar-refractivity contribution in [3.63, 3.8) is 0 Å². The summed E-state index contributed by atoms with van der Waals surface area (Å²) in [5, 5.41) is 1.40. The average Bonchev–Trinajstić information content (AvgIpc) is 2.50. The van der Waals surface area contributed by atoms with Gasteiger partial charge in [-0.05, 0) is 32.9 Å². The molecule has 0 saturated carbocycles. The second-order valence-electron chi connectivity index (χ2n) is 12.4. The summed E-state index contributed by atoms with van der Waals surface area (Å²) >= 11 is 2.02. The molecule has 0 aliphatic heterocycles. The van der Waals surface area contributed by atoms with Crippen LogP contribution in [0.4, 0.5) is 0 Å². The molecule has 0 N–H and O–H groups in total. The van der Waals surface area contributed by atoms with Crippen molar-refractivity contribution in [1.82, 2.24) is 0 Å². The molecule has 0 aliphatic carbocycles. The third kappa shape index (κ3) is 10.9.